The first-order valence-electron chi connectivity index (χ1n) is 8.83. The van der Waals surface area contributed by atoms with Crippen LogP contribution in [0.15, 0.2) is 30.3 Å². The van der Waals surface area contributed by atoms with Crippen LogP contribution in [0.1, 0.15) is 50.5 Å². The van der Waals surface area contributed by atoms with Gasteiger partial charge in [0.25, 0.3) is 0 Å². The summed E-state index contributed by atoms with van der Waals surface area (Å²) >= 11 is 0. The number of benzene rings is 1. The highest BCUT2D eigenvalue weighted by atomic mass is 15.1. The van der Waals surface area contributed by atoms with Crippen LogP contribution in [0.2, 0.25) is 0 Å². The molecule has 116 valence electrons. The van der Waals surface area contributed by atoms with E-state index in [0.29, 0.717) is 6.04 Å². The molecule has 21 heavy (non-hydrogen) atoms. The monoisotopic (exact) mass is 286 g/mol. The molecule has 0 amide bonds. The zero-order chi connectivity index (χ0) is 14.5. The van der Waals surface area contributed by atoms with Gasteiger partial charge in [-0.15, -0.1) is 0 Å². The van der Waals surface area contributed by atoms with Crippen molar-refractivity contribution in [3.05, 3.63) is 35.9 Å². The van der Waals surface area contributed by atoms with Gasteiger partial charge >= 0.3 is 0 Å². The van der Waals surface area contributed by atoms with Gasteiger partial charge in [0.05, 0.1) is 0 Å². The predicted octanol–water partition coefficient (Wildman–Crippen LogP) is 3.81. The first kappa shape index (κ1) is 15.1. The maximum Gasteiger partial charge on any atom is 0.0233 e. The summed E-state index contributed by atoms with van der Waals surface area (Å²) in [6.45, 7) is 3.61. The molecule has 2 N–H and O–H groups in total. The van der Waals surface area contributed by atoms with Crippen LogP contribution in [0.4, 0.5) is 0 Å². The normalized spacial score (nSPS) is 26.0. The van der Waals surface area contributed by atoms with Crippen molar-refractivity contribution in [3.63, 3.8) is 0 Å². The molecule has 1 aromatic carbocycles. The lowest BCUT2D eigenvalue weighted by Crippen LogP contribution is -2.39. The molecule has 0 aromatic heterocycles. The molecule has 1 heterocycles. The average molecular weight is 286 g/mol. The largest absolute Gasteiger partial charge is 0.327 e. The fourth-order valence-corrected chi connectivity index (χ4v) is 4.29. The van der Waals surface area contributed by atoms with Crippen molar-refractivity contribution in [1.82, 2.24) is 4.90 Å². The van der Waals surface area contributed by atoms with Crippen molar-refractivity contribution >= 4 is 0 Å². The lowest BCUT2D eigenvalue weighted by atomic mass is 9.86. The van der Waals surface area contributed by atoms with Gasteiger partial charge in [-0.05, 0) is 56.0 Å². The molecule has 1 aromatic rings. The Balaban J connectivity index is 1.48. The van der Waals surface area contributed by atoms with E-state index in [0.717, 1.165) is 18.4 Å². The first-order valence-corrected chi connectivity index (χ1v) is 8.83. The van der Waals surface area contributed by atoms with Crippen molar-refractivity contribution in [1.29, 1.82) is 0 Å². The van der Waals surface area contributed by atoms with Crippen LogP contribution >= 0.6 is 0 Å². The second-order valence-corrected chi connectivity index (χ2v) is 7.17. The van der Waals surface area contributed by atoms with Crippen molar-refractivity contribution in [2.45, 2.75) is 57.5 Å². The molecule has 0 spiro atoms. The Hall–Kier alpha value is -0.860. The summed E-state index contributed by atoms with van der Waals surface area (Å²) < 4.78 is 0. The molecule has 2 heteroatoms. The Morgan fingerprint density at radius 1 is 1.05 bits per heavy atom. The maximum absolute atomic E-state index is 6.49. The van der Waals surface area contributed by atoms with Gasteiger partial charge in [0.1, 0.15) is 0 Å². The van der Waals surface area contributed by atoms with Crippen molar-refractivity contribution in [2.75, 3.05) is 13.1 Å². The molecule has 1 saturated heterocycles. The van der Waals surface area contributed by atoms with Gasteiger partial charge in [0, 0.05) is 19.1 Å². The van der Waals surface area contributed by atoms with Gasteiger partial charge in [-0.25, -0.2) is 0 Å². The van der Waals surface area contributed by atoms with Gasteiger partial charge < -0.3 is 5.73 Å². The van der Waals surface area contributed by atoms with E-state index in [1.54, 1.807) is 0 Å². The minimum atomic E-state index is 0.453. The van der Waals surface area contributed by atoms with Crippen LogP contribution in [0.25, 0.3) is 0 Å². The topological polar surface area (TPSA) is 29.3 Å². The fraction of sp³-hybridized carbons (Fsp3) is 0.684. The molecule has 1 aliphatic heterocycles. The van der Waals surface area contributed by atoms with E-state index in [1.165, 1.54) is 63.6 Å². The molecule has 2 nitrogen and oxygen atoms in total. The van der Waals surface area contributed by atoms with E-state index < -0.39 is 0 Å². The number of nitrogens with two attached hydrogens (primary N) is 1. The van der Waals surface area contributed by atoms with E-state index in [1.807, 2.05) is 0 Å². The maximum atomic E-state index is 6.49. The lowest BCUT2D eigenvalue weighted by Gasteiger charge is -2.35. The van der Waals surface area contributed by atoms with Gasteiger partial charge in [0.2, 0.25) is 0 Å². The zero-order valence-electron chi connectivity index (χ0n) is 13.2. The number of likely N-dealkylation sites (tertiary alicyclic amines) is 1. The van der Waals surface area contributed by atoms with E-state index in [2.05, 4.69) is 35.2 Å². The summed E-state index contributed by atoms with van der Waals surface area (Å²) in [5.41, 5.74) is 7.93. The summed E-state index contributed by atoms with van der Waals surface area (Å²) in [5, 5.41) is 0. The zero-order valence-corrected chi connectivity index (χ0v) is 13.2. The van der Waals surface area contributed by atoms with Crippen LogP contribution < -0.4 is 5.73 Å². The second kappa shape index (κ2) is 7.42. The number of piperidine rings is 1. The minimum Gasteiger partial charge on any atom is -0.327 e. The van der Waals surface area contributed by atoms with E-state index >= 15 is 0 Å². The molecule has 2 aliphatic rings. The minimum absolute atomic E-state index is 0.453. The smallest absolute Gasteiger partial charge is 0.0233 e. The van der Waals surface area contributed by atoms with Crippen molar-refractivity contribution in [3.8, 4) is 0 Å². The summed E-state index contributed by atoms with van der Waals surface area (Å²) in [5.74, 6) is 1.63. The van der Waals surface area contributed by atoms with Gasteiger partial charge in [0.15, 0.2) is 0 Å². The standard InChI is InChI=1S/C19H30N2/c20-19(18-10-4-5-11-18)13-17-9-6-12-21(15-17)14-16-7-2-1-3-8-16/h1-3,7-8,17-19H,4-6,9-15,20H2. The second-order valence-electron chi connectivity index (χ2n) is 7.17. The number of hydrogen-bond donors (Lipinski definition) is 1. The molecule has 1 saturated carbocycles. The van der Waals surface area contributed by atoms with Crippen LogP contribution in [-0.4, -0.2) is 24.0 Å². The Kier molecular flexibility index (Phi) is 5.32. The lowest BCUT2D eigenvalue weighted by molar-refractivity contribution is 0.150. The van der Waals surface area contributed by atoms with Crippen LogP contribution in [-0.2, 0) is 6.54 Å². The third-order valence-electron chi connectivity index (χ3n) is 5.46. The summed E-state index contributed by atoms with van der Waals surface area (Å²) in [6.07, 6.45) is 9.53. The third kappa shape index (κ3) is 4.31. The number of nitrogens with zero attached hydrogens (tertiary/aromatic N) is 1. The van der Waals surface area contributed by atoms with Crippen LogP contribution in [0, 0.1) is 11.8 Å². The molecule has 2 fully saturated rings. The van der Waals surface area contributed by atoms with Crippen molar-refractivity contribution in [2.24, 2.45) is 17.6 Å². The Bertz CT molecular complexity index is 411. The fourth-order valence-electron chi connectivity index (χ4n) is 4.29. The Labute approximate surface area is 129 Å². The van der Waals surface area contributed by atoms with Crippen LogP contribution in [0.5, 0.6) is 0 Å². The molecule has 2 unspecified atom stereocenters. The third-order valence-corrected chi connectivity index (χ3v) is 5.46. The molecule has 2 atom stereocenters. The molecule has 3 rings (SSSR count). The average Bonchev–Trinajstić information content (AvgIpc) is 3.03. The quantitative estimate of drug-likeness (QED) is 0.892. The molecule has 0 radical (unpaired) electrons. The molecule has 1 aliphatic carbocycles. The summed E-state index contributed by atoms with van der Waals surface area (Å²) in [7, 11) is 0. The van der Waals surface area contributed by atoms with Crippen molar-refractivity contribution < 1.29 is 0 Å². The highest BCUT2D eigenvalue weighted by Crippen LogP contribution is 2.31. The highest BCUT2D eigenvalue weighted by molar-refractivity contribution is 5.14. The van der Waals surface area contributed by atoms with Gasteiger partial charge in [-0.3, -0.25) is 4.90 Å². The summed E-state index contributed by atoms with van der Waals surface area (Å²) in [6, 6.07) is 11.3. The number of rotatable bonds is 5. The van der Waals surface area contributed by atoms with Gasteiger partial charge in [-0.1, -0.05) is 43.2 Å². The van der Waals surface area contributed by atoms with Gasteiger partial charge in [-0.2, -0.15) is 0 Å². The Morgan fingerprint density at radius 3 is 2.57 bits per heavy atom. The molecular formula is C19H30N2. The van der Waals surface area contributed by atoms with E-state index in [4.69, 9.17) is 5.73 Å². The van der Waals surface area contributed by atoms with E-state index in [-0.39, 0.29) is 0 Å². The Morgan fingerprint density at radius 2 is 1.81 bits per heavy atom. The highest BCUT2D eigenvalue weighted by Gasteiger charge is 2.27. The SMILES string of the molecule is NC(CC1CCCN(Cc2ccccc2)C1)C1CCCC1. The van der Waals surface area contributed by atoms with Crippen LogP contribution in [0.3, 0.4) is 0 Å². The molecular weight excluding hydrogens is 256 g/mol. The predicted molar refractivity (Wildman–Crippen MR) is 89.0 cm³/mol. The summed E-state index contributed by atoms with van der Waals surface area (Å²) in [4.78, 5) is 2.63. The first-order chi connectivity index (χ1) is 10.3. The van der Waals surface area contributed by atoms with E-state index in [9.17, 15) is 0 Å². The molecule has 0 bridgehead atoms. The number of hydrogen-bond acceptors (Lipinski definition) is 2.